The average Bonchev–Trinajstić information content (AvgIpc) is 3.78. The maximum absolute atomic E-state index is 13.6. The Kier molecular flexibility index (Phi) is 6.57. The molecule has 6 heterocycles. The third-order valence-electron chi connectivity index (χ3n) is 7.68. The van der Waals surface area contributed by atoms with Gasteiger partial charge in [0.25, 0.3) is 10.0 Å². The van der Waals surface area contributed by atoms with Crippen LogP contribution in [0.4, 0.5) is 4.79 Å². The number of carbonyl (C=O) groups is 1. The van der Waals surface area contributed by atoms with Crippen molar-refractivity contribution in [1.29, 1.82) is 5.26 Å². The van der Waals surface area contributed by atoms with Crippen molar-refractivity contribution in [3.05, 3.63) is 78.7 Å². The van der Waals surface area contributed by atoms with Gasteiger partial charge < -0.3 is 9.64 Å². The molecule has 6 aromatic rings. The fourth-order valence-corrected chi connectivity index (χ4v) is 7.67. The van der Waals surface area contributed by atoms with E-state index in [0.29, 0.717) is 27.9 Å². The zero-order chi connectivity index (χ0) is 31.6. The van der Waals surface area contributed by atoms with Crippen molar-refractivity contribution in [1.82, 2.24) is 33.2 Å². The van der Waals surface area contributed by atoms with Gasteiger partial charge in [0.15, 0.2) is 11.5 Å². The van der Waals surface area contributed by atoms with Gasteiger partial charge >= 0.3 is 6.09 Å². The predicted molar refractivity (Wildman–Crippen MR) is 168 cm³/mol. The van der Waals surface area contributed by atoms with E-state index in [0.717, 1.165) is 4.88 Å². The van der Waals surface area contributed by atoms with Crippen LogP contribution in [0.2, 0.25) is 0 Å². The van der Waals surface area contributed by atoms with Crippen LogP contribution in [0, 0.1) is 11.3 Å². The average molecular weight is 641 g/mol. The molecule has 0 unspecified atom stereocenters. The number of hydrogen-bond acceptors (Lipinski definition) is 9. The number of carbonyl (C=O) groups excluding carboxylic acids is 1. The van der Waals surface area contributed by atoms with Crippen molar-refractivity contribution in [2.24, 2.45) is 0 Å². The number of pyridine rings is 1. The van der Waals surface area contributed by atoms with Gasteiger partial charge in [0.1, 0.15) is 16.7 Å². The Bertz CT molecular complexity index is 2210. The highest BCUT2D eigenvalue weighted by atomic mass is 32.2. The summed E-state index contributed by atoms with van der Waals surface area (Å²) in [6.45, 7) is 5.98. The Hall–Kier alpha value is -5.00. The van der Waals surface area contributed by atoms with Gasteiger partial charge in [-0.1, -0.05) is 24.3 Å². The molecule has 1 aliphatic rings. The maximum Gasteiger partial charge on any atom is 0.410 e. The minimum atomic E-state index is -3.91. The third-order valence-corrected chi connectivity index (χ3v) is 10.2. The smallest absolute Gasteiger partial charge is 0.410 e. The lowest BCUT2D eigenvalue weighted by molar-refractivity contribution is -0.0314. The SMILES string of the molecule is CC(C)(C)OC(=O)N1CC(CC#N)(n2cc(-n3c(-c4cccs4)nc4cnc5c(ccn5S(=O)(=O)c5ccccc5)c43)cn2)C1. The summed E-state index contributed by atoms with van der Waals surface area (Å²) in [5.74, 6) is 0.644. The fraction of sp³-hybridized carbons (Fsp3) is 0.258. The minimum absolute atomic E-state index is 0.143. The lowest BCUT2D eigenvalue weighted by Crippen LogP contribution is -2.64. The topological polar surface area (TPSA) is 141 Å². The Morgan fingerprint density at radius 1 is 1.11 bits per heavy atom. The molecule has 1 saturated heterocycles. The lowest BCUT2D eigenvalue weighted by Gasteiger charge is -2.48. The standard InChI is InChI=1S/C31H28N8O4S2/c1-30(2,3)43-29(40)36-19-31(20-36,12-13-32)38-18-21(16-34-38)39-26-23-11-14-37(45(41,42)22-8-5-4-6-9-22)27(23)33-17-24(26)35-28(39)25-10-7-15-44-25/h4-11,14-18H,12,19-20H2,1-3H3. The van der Waals surface area contributed by atoms with Gasteiger partial charge in [-0.3, -0.25) is 9.25 Å². The van der Waals surface area contributed by atoms with Gasteiger partial charge in [0, 0.05) is 17.8 Å². The molecular formula is C31H28N8O4S2. The van der Waals surface area contributed by atoms with Crippen LogP contribution in [0.15, 0.2) is 83.6 Å². The summed E-state index contributed by atoms with van der Waals surface area (Å²) in [6.07, 6.45) is 6.32. The number of fused-ring (bicyclic) bond motifs is 3. The van der Waals surface area contributed by atoms with Crippen LogP contribution < -0.4 is 0 Å². The van der Waals surface area contributed by atoms with Crippen LogP contribution >= 0.6 is 11.3 Å². The first kappa shape index (κ1) is 28.8. The zero-order valence-corrected chi connectivity index (χ0v) is 26.3. The van der Waals surface area contributed by atoms with Gasteiger partial charge in [0.2, 0.25) is 0 Å². The van der Waals surface area contributed by atoms with Gasteiger partial charge in [-0.15, -0.1) is 11.3 Å². The number of likely N-dealkylation sites (tertiary alicyclic amines) is 1. The van der Waals surface area contributed by atoms with Crippen molar-refractivity contribution >= 4 is 49.5 Å². The molecule has 0 aliphatic carbocycles. The molecule has 12 nitrogen and oxygen atoms in total. The first-order chi connectivity index (χ1) is 21.5. The number of imidazole rings is 1. The number of ether oxygens (including phenoxy) is 1. The van der Waals surface area contributed by atoms with Gasteiger partial charge in [-0.05, 0) is 50.4 Å². The largest absolute Gasteiger partial charge is 0.444 e. The molecule has 7 rings (SSSR count). The van der Waals surface area contributed by atoms with Crippen molar-refractivity contribution < 1.29 is 17.9 Å². The normalized spacial score (nSPS) is 14.8. The van der Waals surface area contributed by atoms with E-state index in [-0.39, 0.29) is 30.1 Å². The predicted octanol–water partition coefficient (Wildman–Crippen LogP) is 5.40. The maximum atomic E-state index is 13.6. The van der Waals surface area contributed by atoms with E-state index >= 15 is 0 Å². The van der Waals surface area contributed by atoms with E-state index in [1.807, 2.05) is 49.0 Å². The second-order valence-corrected chi connectivity index (χ2v) is 14.7. The molecule has 0 saturated carbocycles. The van der Waals surface area contributed by atoms with Gasteiger partial charge in [0.05, 0.1) is 58.9 Å². The number of amides is 1. The molecule has 0 N–H and O–H groups in total. The molecule has 45 heavy (non-hydrogen) atoms. The summed E-state index contributed by atoms with van der Waals surface area (Å²) in [4.78, 5) is 24.8. The molecule has 5 aromatic heterocycles. The van der Waals surface area contributed by atoms with E-state index < -0.39 is 27.3 Å². The van der Waals surface area contributed by atoms with E-state index in [1.165, 1.54) is 21.5 Å². The second kappa shape index (κ2) is 10.3. The fourth-order valence-electron chi connectivity index (χ4n) is 5.64. The van der Waals surface area contributed by atoms with E-state index in [1.54, 1.807) is 58.4 Å². The van der Waals surface area contributed by atoms with E-state index in [2.05, 4.69) is 16.2 Å². The monoisotopic (exact) mass is 640 g/mol. The molecule has 1 aliphatic heterocycles. The third kappa shape index (κ3) is 4.75. The molecule has 0 atom stereocenters. The number of nitriles is 1. The van der Waals surface area contributed by atoms with Crippen molar-refractivity contribution in [2.75, 3.05) is 13.1 Å². The highest BCUT2D eigenvalue weighted by Crippen LogP contribution is 2.38. The Morgan fingerprint density at radius 3 is 2.58 bits per heavy atom. The zero-order valence-electron chi connectivity index (χ0n) is 24.7. The van der Waals surface area contributed by atoms with E-state index in [4.69, 9.17) is 9.72 Å². The summed E-state index contributed by atoms with van der Waals surface area (Å²) in [5, 5.41) is 16.9. The molecular weight excluding hydrogens is 613 g/mol. The summed E-state index contributed by atoms with van der Waals surface area (Å²) in [5.41, 5.74) is 0.825. The number of hydrogen-bond donors (Lipinski definition) is 0. The molecule has 228 valence electrons. The number of nitrogens with zero attached hydrogens (tertiary/aromatic N) is 8. The van der Waals surface area contributed by atoms with Crippen molar-refractivity contribution in [2.45, 2.75) is 43.2 Å². The highest BCUT2D eigenvalue weighted by Gasteiger charge is 2.49. The molecule has 1 amide bonds. The molecule has 0 radical (unpaired) electrons. The quantitative estimate of drug-likeness (QED) is 0.236. The van der Waals surface area contributed by atoms with Gasteiger partial charge in [-0.2, -0.15) is 10.4 Å². The van der Waals surface area contributed by atoms with Crippen molar-refractivity contribution in [3.8, 4) is 22.5 Å². The molecule has 14 heteroatoms. The lowest BCUT2D eigenvalue weighted by atomic mass is 9.87. The Morgan fingerprint density at radius 2 is 1.89 bits per heavy atom. The first-order valence-electron chi connectivity index (χ1n) is 14.1. The molecule has 0 bridgehead atoms. The summed E-state index contributed by atoms with van der Waals surface area (Å²) in [7, 11) is -3.91. The van der Waals surface area contributed by atoms with Crippen LogP contribution in [0.25, 0.3) is 38.5 Å². The van der Waals surface area contributed by atoms with Crippen LogP contribution in [-0.4, -0.2) is 66.4 Å². The number of rotatable bonds is 6. The van der Waals surface area contributed by atoms with Crippen LogP contribution in [0.3, 0.4) is 0 Å². The summed E-state index contributed by atoms with van der Waals surface area (Å²) >= 11 is 1.52. The number of aromatic nitrogens is 6. The summed E-state index contributed by atoms with van der Waals surface area (Å²) in [6, 6.07) is 16.1. The molecule has 1 aromatic carbocycles. The second-order valence-electron chi connectivity index (χ2n) is 11.9. The van der Waals surface area contributed by atoms with E-state index in [9.17, 15) is 18.5 Å². The summed E-state index contributed by atoms with van der Waals surface area (Å²) < 4.78 is 37.6. The van der Waals surface area contributed by atoms with Crippen molar-refractivity contribution in [3.63, 3.8) is 0 Å². The van der Waals surface area contributed by atoms with Crippen LogP contribution in [-0.2, 0) is 20.3 Å². The molecule has 0 spiro atoms. The molecule has 1 fully saturated rings. The van der Waals surface area contributed by atoms with Crippen LogP contribution in [0.1, 0.15) is 27.2 Å². The first-order valence-corrected chi connectivity index (χ1v) is 16.5. The minimum Gasteiger partial charge on any atom is -0.444 e. The van der Waals surface area contributed by atoms with Gasteiger partial charge in [-0.25, -0.2) is 27.2 Å². The number of thiophene rings is 1. The Labute approximate surface area is 262 Å². The highest BCUT2D eigenvalue weighted by molar-refractivity contribution is 7.90. The Balaban J connectivity index is 1.35. The number of benzene rings is 1. The van der Waals surface area contributed by atoms with Crippen LogP contribution in [0.5, 0.6) is 0 Å².